The van der Waals surface area contributed by atoms with Crippen molar-refractivity contribution in [2.24, 2.45) is 5.92 Å². The molecule has 2 atom stereocenters. The van der Waals surface area contributed by atoms with Crippen molar-refractivity contribution in [3.05, 3.63) is 29.8 Å². The second-order valence-corrected chi connectivity index (χ2v) is 7.21. The molecule has 6 nitrogen and oxygen atoms in total. The van der Waals surface area contributed by atoms with E-state index in [1.807, 2.05) is 31.2 Å². The number of ether oxygens (including phenoxy) is 1. The summed E-state index contributed by atoms with van der Waals surface area (Å²) in [5.41, 5.74) is 1.01. The number of hydrogen-bond donors (Lipinski definition) is 0. The zero-order valence-electron chi connectivity index (χ0n) is 13.0. The Morgan fingerprint density at radius 3 is 2.45 bits per heavy atom. The molecule has 1 amide bonds. The number of amides is 1. The molecule has 0 radical (unpaired) electrons. The molecule has 1 aromatic rings. The second kappa shape index (κ2) is 6.66. The molecule has 0 aromatic heterocycles. The van der Waals surface area contributed by atoms with Crippen LogP contribution in [0.4, 0.5) is 0 Å². The molecular formula is C15H21NO5S. The smallest absolute Gasteiger partial charge is 0.264 e. The van der Waals surface area contributed by atoms with Crippen LogP contribution in [0.25, 0.3) is 0 Å². The van der Waals surface area contributed by atoms with Crippen LogP contribution in [0.5, 0.6) is 5.75 Å². The summed E-state index contributed by atoms with van der Waals surface area (Å²) >= 11 is 0. The molecule has 1 aliphatic rings. The highest BCUT2D eigenvalue weighted by molar-refractivity contribution is 7.85. The van der Waals surface area contributed by atoms with Gasteiger partial charge in [0.1, 0.15) is 5.75 Å². The Hall–Kier alpha value is -1.60. The molecule has 1 saturated heterocycles. The fraction of sp³-hybridized carbons (Fsp3) is 0.533. The number of hydrogen-bond acceptors (Lipinski definition) is 5. The van der Waals surface area contributed by atoms with Gasteiger partial charge in [-0.1, -0.05) is 12.1 Å². The van der Waals surface area contributed by atoms with E-state index >= 15 is 0 Å². The first-order valence-electron chi connectivity index (χ1n) is 7.07. The summed E-state index contributed by atoms with van der Waals surface area (Å²) < 4.78 is 32.1. The molecule has 0 saturated carbocycles. The van der Waals surface area contributed by atoms with Crippen molar-refractivity contribution in [3.8, 4) is 5.75 Å². The second-order valence-electron chi connectivity index (χ2n) is 5.56. The third-order valence-electron chi connectivity index (χ3n) is 3.94. The summed E-state index contributed by atoms with van der Waals surface area (Å²) in [6.07, 6.45) is 1.33. The summed E-state index contributed by atoms with van der Waals surface area (Å²) in [6.45, 7) is 2.47. The lowest BCUT2D eigenvalue weighted by molar-refractivity contribution is -0.129. The molecule has 0 N–H and O–H groups in total. The lowest BCUT2D eigenvalue weighted by Gasteiger charge is -2.24. The molecule has 7 heteroatoms. The van der Waals surface area contributed by atoms with Gasteiger partial charge < -0.3 is 9.64 Å². The minimum Gasteiger partial charge on any atom is -0.497 e. The molecule has 1 heterocycles. The Labute approximate surface area is 131 Å². The van der Waals surface area contributed by atoms with Crippen molar-refractivity contribution in [2.45, 2.75) is 25.9 Å². The molecule has 0 bridgehead atoms. The van der Waals surface area contributed by atoms with Gasteiger partial charge >= 0.3 is 0 Å². The minimum absolute atomic E-state index is 0.0189. The SMILES string of the molecule is COc1ccc(CN2C(=O)C[C@H](COS(C)(=O)=O)[C@H]2C)cc1. The van der Waals surface area contributed by atoms with Gasteiger partial charge in [0.15, 0.2) is 0 Å². The zero-order chi connectivity index (χ0) is 16.3. The van der Waals surface area contributed by atoms with Crippen molar-refractivity contribution < 1.29 is 22.1 Å². The number of nitrogens with zero attached hydrogens (tertiary/aromatic N) is 1. The standard InChI is InChI=1S/C15H21NO5S/c1-11-13(10-21-22(3,18)19)8-15(17)16(11)9-12-4-6-14(20-2)7-5-12/h4-7,11,13H,8-10H2,1-3H3/t11-,13-/m1/s1. The summed E-state index contributed by atoms with van der Waals surface area (Å²) in [6, 6.07) is 7.48. The quantitative estimate of drug-likeness (QED) is 0.739. The van der Waals surface area contributed by atoms with Crippen molar-refractivity contribution >= 4 is 16.0 Å². The molecular weight excluding hydrogens is 306 g/mol. The molecule has 22 heavy (non-hydrogen) atoms. The Bertz CT molecular complexity index is 626. The normalized spacial score (nSPS) is 22.1. The first kappa shape index (κ1) is 16.8. The molecule has 122 valence electrons. The summed E-state index contributed by atoms with van der Waals surface area (Å²) in [7, 11) is -1.88. The molecule has 1 fully saturated rings. The molecule has 1 aromatic carbocycles. The lowest BCUT2D eigenvalue weighted by Crippen LogP contribution is -2.33. The van der Waals surface area contributed by atoms with Gasteiger partial charge in [-0.2, -0.15) is 8.42 Å². The molecule has 0 aliphatic carbocycles. The summed E-state index contributed by atoms with van der Waals surface area (Å²) in [5, 5.41) is 0. The van der Waals surface area contributed by atoms with Crippen molar-refractivity contribution in [3.63, 3.8) is 0 Å². The van der Waals surface area contributed by atoms with Gasteiger partial charge in [-0.05, 0) is 24.6 Å². The van der Waals surface area contributed by atoms with E-state index in [9.17, 15) is 13.2 Å². The maximum atomic E-state index is 12.1. The maximum absolute atomic E-state index is 12.1. The maximum Gasteiger partial charge on any atom is 0.264 e. The Kier molecular flexibility index (Phi) is 5.08. The van der Waals surface area contributed by atoms with Crippen molar-refractivity contribution in [1.82, 2.24) is 4.90 Å². The third kappa shape index (κ3) is 4.20. The largest absolute Gasteiger partial charge is 0.497 e. The van der Waals surface area contributed by atoms with E-state index in [0.717, 1.165) is 17.6 Å². The van der Waals surface area contributed by atoms with Crippen LogP contribution in [0.3, 0.4) is 0 Å². The average Bonchev–Trinajstić information content (AvgIpc) is 2.73. The van der Waals surface area contributed by atoms with Crippen LogP contribution in [0.15, 0.2) is 24.3 Å². The van der Waals surface area contributed by atoms with Gasteiger partial charge in [0.25, 0.3) is 10.1 Å². The number of methoxy groups -OCH3 is 1. The highest BCUT2D eigenvalue weighted by Crippen LogP contribution is 2.28. The van der Waals surface area contributed by atoms with E-state index in [0.29, 0.717) is 13.0 Å². The van der Waals surface area contributed by atoms with E-state index in [2.05, 4.69) is 0 Å². The molecule has 2 rings (SSSR count). The first-order valence-corrected chi connectivity index (χ1v) is 8.88. The molecule has 0 unspecified atom stereocenters. The van der Waals surface area contributed by atoms with Crippen LogP contribution in [0.1, 0.15) is 18.9 Å². The minimum atomic E-state index is -3.48. The average molecular weight is 327 g/mol. The Morgan fingerprint density at radius 2 is 1.91 bits per heavy atom. The predicted molar refractivity (Wildman–Crippen MR) is 81.9 cm³/mol. The first-order chi connectivity index (χ1) is 10.3. The fourth-order valence-corrected chi connectivity index (χ4v) is 2.98. The van der Waals surface area contributed by atoms with Crippen molar-refractivity contribution in [1.29, 1.82) is 0 Å². The summed E-state index contributed by atoms with van der Waals surface area (Å²) in [5.74, 6) is 0.676. The monoisotopic (exact) mass is 327 g/mol. The van der Waals surface area contributed by atoms with Crippen molar-refractivity contribution in [2.75, 3.05) is 20.0 Å². The van der Waals surface area contributed by atoms with E-state index < -0.39 is 10.1 Å². The van der Waals surface area contributed by atoms with E-state index in [1.165, 1.54) is 0 Å². The number of benzene rings is 1. The molecule has 1 aliphatic heterocycles. The summed E-state index contributed by atoms with van der Waals surface area (Å²) in [4.78, 5) is 13.9. The van der Waals surface area contributed by atoms with Crippen LogP contribution in [0, 0.1) is 5.92 Å². The van der Waals surface area contributed by atoms with E-state index in [4.69, 9.17) is 8.92 Å². The topological polar surface area (TPSA) is 72.9 Å². The Balaban J connectivity index is 2.00. The van der Waals surface area contributed by atoms with Crippen LogP contribution in [-0.4, -0.2) is 45.2 Å². The van der Waals surface area contributed by atoms with Gasteiger partial charge in [0, 0.05) is 24.9 Å². The van der Waals surface area contributed by atoms with Gasteiger partial charge in [0.2, 0.25) is 5.91 Å². The van der Waals surface area contributed by atoms with E-state index in [-0.39, 0.29) is 24.5 Å². The van der Waals surface area contributed by atoms with Gasteiger partial charge in [-0.15, -0.1) is 0 Å². The molecule has 0 spiro atoms. The fourth-order valence-electron chi connectivity index (χ4n) is 2.56. The number of carbonyl (C=O) groups excluding carboxylic acids is 1. The Morgan fingerprint density at radius 1 is 1.27 bits per heavy atom. The number of likely N-dealkylation sites (tertiary alicyclic amines) is 1. The highest BCUT2D eigenvalue weighted by Gasteiger charge is 2.37. The van der Waals surface area contributed by atoms with E-state index in [1.54, 1.807) is 12.0 Å². The lowest BCUT2D eigenvalue weighted by atomic mass is 10.0. The van der Waals surface area contributed by atoms with Crippen LogP contribution < -0.4 is 4.74 Å². The predicted octanol–water partition coefficient (Wildman–Crippen LogP) is 1.41. The zero-order valence-corrected chi connectivity index (χ0v) is 13.8. The van der Waals surface area contributed by atoms with Crippen LogP contribution in [-0.2, 0) is 25.6 Å². The van der Waals surface area contributed by atoms with Crippen LogP contribution >= 0.6 is 0 Å². The number of carbonyl (C=O) groups is 1. The highest BCUT2D eigenvalue weighted by atomic mass is 32.2. The number of rotatable bonds is 6. The van der Waals surface area contributed by atoms with Crippen LogP contribution in [0.2, 0.25) is 0 Å². The van der Waals surface area contributed by atoms with Gasteiger partial charge in [0.05, 0.1) is 20.0 Å². The third-order valence-corrected chi connectivity index (χ3v) is 4.50. The van der Waals surface area contributed by atoms with Gasteiger partial charge in [-0.25, -0.2) is 0 Å². The van der Waals surface area contributed by atoms with Gasteiger partial charge in [-0.3, -0.25) is 8.98 Å².